The van der Waals surface area contributed by atoms with Crippen LogP contribution in [0.1, 0.15) is 5.56 Å². The molecule has 0 fully saturated rings. The quantitative estimate of drug-likeness (QED) is 0.738. The lowest BCUT2D eigenvalue weighted by Crippen LogP contribution is -2.35. The van der Waals surface area contributed by atoms with Crippen LogP contribution in [0.25, 0.3) is 0 Å². The Hall–Kier alpha value is -0.970. The number of ether oxygens (including phenoxy) is 1. The van der Waals surface area contributed by atoms with Crippen molar-refractivity contribution in [2.75, 3.05) is 20.3 Å². The van der Waals surface area contributed by atoms with Crippen LogP contribution in [0.15, 0.2) is 24.3 Å². The summed E-state index contributed by atoms with van der Waals surface area (Å²) in [7, 11) is 1.58. The van der Waals surface area contributed by atoms with Gasteiger partial charge in [-0.3, -0.25) is 0 Å². The van der Waals surface area contributed by atoms with Crippen molar-refractivity contribution in [2.45, 2.75) is 12.6 Å². The van der Waals surface area contributed by atoms with E-state index in [0.717, 1.165) is 5.56 Å². The summed E-state index contributed by atoms with van der Waals surface area (Å²) >= 11 is 0. The second-order valence-corrected chi connectivity index (χ2v) is 3.35. The second kappa shape index (κ2) is 6.50. The van der Waals surface area contributed by atoms with E-state index in [1.165, 1.54) is 12.1 Å². The largest absolute Gasteiger partial charge is 0.395 e. The first-order chi connectivity index (χ1) is 7.26. The van der Waals surface area contributed by atoms with Gasteiger partial charge in [0.05, 0.1) is 19.3 Å². The SMILES string of the molecule is COCC(CO)NCc1cccc(F)c1. The average Bonchev–Trinajstić information content (AvgIpc) is 2.24. The zero-order chi connectivity index (χ0) is 11.1. The van der Waals surface area contributed by atoms with Crippen LogP contribution < -0.4 is 5.32 Å². The van der Waals surface area contributed by atoms with Crippen LogP contribution >= 0.6 is 0 Å². The first-order valence-corrected chi connectivity index (χ1v) is 4.84. The van der Waals surface area contributed by atoms with E-state index < -0.39 is 0 Å². The molecule has 1 unspecified atom stereocenters. The Morgan fingerprint density at radius 3 is 2.93 bits per heavy atom. The lowest BCUT2D eigenvalue weighted by atomic mass is 10.2. The number of rotatable bonds is 6. The number of hydrogen-bond donors (Lipinski definition) is 2. The number of methoxy groups -OCH3 is 1. The Labute approximate surface area is 88.9 Å². The van der Waals surface area contributed by atoms with Gasteiger partial charge in [-0.2, -0.15) is 0 Å². The maximum Gasteiger partial charge on any atom is 0.123 e. The summed E-state index contributed by atoms with van der Waals surface area (Å²) in [5.74, 6) is -0.249. The van der Waals surface area contributed by atoms with Crippen LogP contribution in [0.4, 0.5) is 4.39 Å². The molecule has 0 saturated heterocycles. The minimum atomic E-state index is -0.249. The first-order valence-electron chi connectivity index (χ1n) is 4.84. The normalized spacial score (nSPS) is 12.7. The lowest BCUT2D eigenvalue weighted by molar-refractivity contribution is 0.128. The predicted octanol–water partition coefficient (Wildman–Crippen LogP) is 0.923. The van der Waals surface area contributed by atoms with Gasteiger partial charge in [0.2, 0.25) is 0 Å². The van der Waals surface area contributed by atoms with Gasteiger partial charge in [-0.25, -0.2) is 4.39 Å². The van der Waals surface area contributed by atoms with E-state index in [0.29, 0.717) is 13.2 Å². The van der Waals surface area contributed by atoms with Gasteiger partial charge >= 0.3 is 0 Å². The summed E-state index contributed by atoms with van der Waals surface area (Å²) in [6.45, 7) is 0.960. The van der Waals surface area contributed by atoms with Crippen LogP contribution in [0.2, 0.25) is 0 Å². The molecule has 0 heterocycles. The highest BCUT2D eigenvalue weighted by Crippen LogP contribution is 2.03. The third kappa shape index (κ3) is 4.38. The first kappa shape index (κ1) is 12.1. The van der Waals surface area contributed by atoms with Crippen molar-refractivity contribution in [3.8, 4) is 0 Å². The molecule has 84 valence electrons. The van der Waals surface area contributed by atoms with E-state index in [4.69, 9.17) is 9.84 Å². The molecule has 0 saturated carbocycles. The van der Waals surface area contributed by atoms with Gasteiger partial charge < -0.3 is 15.2 Å². The monoisotopic (exact) mass is 213 g/mol. The number of nitrogens with one attached hydrogen (secondary N) is 1. The van der Waals surface area contributed by atoms with Crippen LogP contribution in [-0.2, 0) is 11.3 Å². The molecule has 0 aromatic heterocycles. The molecular weight excluding hydrogens is 197 g/mol. The Kier molecular flexibility index (Phi) is 5.25. The van der Waals surface area contributed by atoms with E-state index >= 15 is 0 Å². The molecule has 0 spiro atoms. The van der Waals surface area contributed by atoms with Crippen molar-refractivity contribution >= 4 is 0 Å². The molecule has 1 aromatic carbocycles. The highest BCUT2D eigenvalue weighted by atomic mass is 19.1. The van der Waals surface area contributed by atoms with Crippen molar-refractivity contribution in [1.29, 1.82) is 0 Å². The molecule has 0 bridgehead atoms. The third-order valence-corrected chi connectivity index (χ3v) is 2.07. The molecule has 0 amide bonds. The molecule has 2 N–H and O–H groups in total. The summed E-state index contributed by atoms with van der Waals surface area (Å²) in [6, 6.07) is 6.25. The fraction of sp³-hybridized carbons (Fsp3) is 0.455. The van der Waals surface area contributed by atoms with Gasteiger partial charge in [-0.15, -0.1) is 0 Å². The van der Waals surface area contributed by atoms with E-state index in [2.05, 4.69) is 5.32 Å². The van der Waals surface area contributed by atoms with Crippen molar-refractivity contribution in [3.05, 3.63) is 35.6 Å². The van der Waals surface area contributed by atoms with Gasteiger partial charge in [-0.1, -0.05) is 12.1 Å². The molecule has 1 aromatic rings. The molecule has 0 aliphatic carbocycles. The highest BCUT2D eigenvalue weighted by molar-refractivity contribution is 5.16. The minimum Gasteiger partial charge on any atom is -0.395 e. The molecule has 0 aliphatic heterocycles. The maximum absolute atomic E-state index is 12.8. The van der Waals surface area contributed by atoms with Crippen LogP contribution in [0, 0.1) is 5.82 Å². The van der Waals surface area contributed by atoms with Crippen LogP contribution in [0.3, 0.4) is 0 Å². The topological polar surface area (TPSA) is 41.5 Å². The number of hydrogen-bond acceptors (Lipinski definition) is 3. The lowest BCUT2D eigenvalue weighted by Gasteiger charge is -2.14. The van der Waals surface area contributed by atoms with Gasteiger partial charge in [-0.05, 0) is 17.7 Å². The summed E-state index contributed by atoms with van der Waals surface area (Å²) in [4.78, 5) is 0. The van der Waals surface area contributed by atoms with Gasteiger partial charge in [0, 0.05) is 13.7 Å². The van der Waals surface area contributed by atoms with Gasteiger partial charge in [0.25, 0.3) is 0 Å². The Morgan fingerprint density at radius 2 is 2.33 bits per heavy atom. The Balaban J connectivity index is 2.41. The van der Waals surface area contributed by atoms with Crippen LogP contribution in [0.5, 0.6) is 0 Å². The number of aliphatic hydroxyl groups excluding tert-OH is 1. The zero-order valence-electron chi connectivity index (χ0n) is 8.74. The average molecular weight is 213 g/mol. The zero-order valence-corrected chi connectivity index (χ0v) is 8.74. The molecule has 1 rings (SSSR count). The molecule has 15 heavy (non-hydrogen) atoms. The molecular formula is C11H16FNO2. The molecule has 0 aliphatic rings. The smallest absolute Gasteiger partial charge is 0.123 e. The summed E-state index contributed by atoms with van der Waals surface area (Å²) in [5.41, 5.74) is 0.851. The van der Waals surface area contributed by atoms with E-state index in [1.807, 2.05) is 6.07 Å². The fourth-order valence-corrected chi connectivity index (χ4v) is 1.29. The number of halogens is 1. The van der Waals surface area contributed by atoms with Crippen LogP contribution in [-0.4, -0.2) is 31.5 Å². The van der Waals surface area contributed by atoms with E-state index in [9.17, 15) is 4.39 Å². The second-order valence-electron chi connectivity index (χ2n) is 3.35. The minimum absolute atomic E-state index is 0.00313. The van der Waals surface area contributed by atoms with Gasteiger partial charge in [0.1, 0.15) is 5.82 Å². The molecule has 4 heteroatoms. The number of benzene rings is 1. The number of aliphatic hydroxyl groups is 1. The summed E-state index contributed by atoms with van der Waals surface area (Å²) in [6.07, 6.45) is 0. The van der Waals surface area contributed by atoms with Gasteiger partial charge in [0.15, 0.2) is 0 Å². The molecule has 1 atom stereocenters. The van der Waals surface area contributed by atoms with Crippen molar-refractivity contribution in [2.24, 2.45) is 0 Å². The van der Waals surface area contributed by atoms with E-state index in [1.54, 1.807) is 13.2 Å². The van der Waals surface area contributed by atoms with Crippen molar-refractivity contribution in [3.63, 3.8) is 0 Å². The third-order valence-electron chi connectivity index (χ3n) is 2.07. The Morgan fingerprint density at radius 1 is 1.53 bits per heavy atom. The van der Waals surface area contributed by atoms with Crippen molar-refractivity contribution in [1.82, 2.24) is 5.32 Å². The van der Waals surface area contributed by atoms with E-state index in [-0.39, 0.29) is 18.5 Å². The standard InChI is InChI=1S/C11H16FNO2/c1-15-8-11(7-14)13-6-9-3-2-4-10(12)5-9/h2-5,11,13-14H,6-8H2,1H3. The molecule has 3 nitrogen and oxygen atoms in total. The molecule has 0 radical (unpaired) electrons. The summed E-state index contributed by atoms with van der Waals surface area (Å²) < 4.78 is 17.7. The predicted molar refractivity (Wildman–Crippen MR) is 56.0 cm³/mol. The Bertz CT molecular complexity index is 294. The van der Waals surface area contributed by atoms with Crippen molar-refractivity contribution < 1.29 is 14.2 Å². The fourth-order valence-electron chi connectivity index (χ4n) is 1.29. The highest BCUT2D eigenvalue weighted by Gasteiger charge is 2.05. The summed E-state index contributed by atoms with van der Waals surface area (Å²) in [5, 5.41) is 12.0. The maximum atomic E-state index is 12.8.